The van der Waals surface area contributed by atoms with Crippen molar-refractivity contribution in [2.45, 2.75) is 35.7 Å². The lowest BCUT2D eigenvalue weighted by atomic mass is 10.2. The predicted molar refractivity (Wildman–Crippen MR) is 77.5 cm³/mol. The van der Waals surface area contributed by atoms with Crippen LogP contribution in [-0.4, -0.2) is 16.2 Å². The third-order valence-corrected chi connectivity index (χ3v) is 4.39. The smallest absolute Gasteiger partial charge is 0.178 e. The average molecular weight is 300 g/mol. The van der Waals surface area contributed by atoms with Crippen molar-refractivity contribution in [2.75, 3.05) is 0 Å². The molecular formula is C12H14ClN3S2. The first-order valence-corrected chi connectivity index (χ1v) is 7.68. The Kier molecular flexibility index (Phi) is 5.00. The van der Waals surface area contributed by atoms with Gasteiger partial charge in [-0.05, 0) is 17.7 Å². The zero-order chi connectivity index (χ0) is 13.0. The molecule has 0 unspecified atom stereocenters. The molecule has 1 heterocycles. The maximum absolute atomic E-state index is 6.27. The zero-order valence-corrected chi connectivity index (χ0v) is 12.6. The first-order valence-electron chi connectivity index (χ1n) is 5.61. The Labute approximate surface area is 120 Å². The van der Waals surface area contributed by atoms with E-state index in [1.807, 2.05) is 6.07 Å². The number of aromatic nitrogens is 2. The highest BCUT2D eigenvalue weighted by Crippen LogP contribution is 2.31. The lowest BCUT2D eigenvalue weighted by molar-refractivity contribution is 0.589. The predicted octanol–water partition coefficient (Wildman–Crippen LogP) is 3.84. The fourth-order valence-electron chi connectivity index (χ4n) is 1.36. The van der Waals surface area contributed by atoms with Gasteiger partial charge in [0.1, 0.15) is 5.51 Å². The van der Waals surface area contributed by atoms with E-state index in [1.54, 1.807) is 17.3 Å². The molecule has 1 aromatic carbocycles. The van der Waals surface area contributed by atoms with Crippen molar-refractivity contribution in [2.24, 2.45) is 0 Å². The molecule has 96 valence electrons. The molecule has 0 atom stereocenters. The highest BCUT2D eigenvalue weighted by molar-refractivity contribution is 8.01. The molecule has 1 aromatic heterocycles. The monoisotopic (exact) mass is 299 g/mol. The highest BCUT2D eigenvalue weighted by Gasteiger charge is 2.05. The molecule has 0 saturated carbocycles. The van der Waals surface area contributed by atoms with Gasteiger partial charge in [0.15, 0.2) is 4.34 Å². The fourth-order valence-corrected chi connectivity index (χ4v) is 3.16. The van der Waals surface area contributed by atoms with E-state index in [9.17, 15) is 0 Å². The fraction of sp³-hybridized carbons (Fsp3) is 0.333. The van der Waals surface area contributed by atoms with Crippen LogP contribution in [0.1, 0.15) is 19.4 Å². The largest absolute Gasteiger partial charge is 0.310 e. The molecule has 0 radical (unpaired) electrons. The molecule has 0 amide bonds. The van der Waals surface area contributed by atoms with Gasteiger partial charge in [-0.15, -0.1) is 10.2 Å². The summed E-state index contributed by atoms with van der Waals surface area (Å²) in [5.41, 5.74) is 2.84. The second-order valence-corrected chi connectivity index (χ2v) is 6.66. The van der Waals surface area contributed by atoms with Gasteiger partial charge in [0, 0.05) is 22.5 Å². The van der Waals surface area contributed by atoms with Crippen molar-refractivity contribution < 1.29 is 0 Å². The minimum Gasteiger partial charge on any atom is -0.310 e. The van der Waals surface area contributed by atoms with Crippen LogP contribution in [0.25, 0.3) is 0 Å². The maximum Gasteiger partial charge on any atom is 0.178 e. The Morgan fingerprint density at radius 2 is 2.28 bits per heavy atom. The molecule has 0 aliphatic heterocycles. The molecule has 0 spiro atoms. The number of halogens is 1. The van der Waals surface area contributed by atoms with E-state index in [-0.39, 0.29) is 0 Å². The van der Waals surface area contributed by atoms with Crippen LogP contribution < -0.4 is 5.32 Å². The number of nitrogens with one attached hydrogen (secondary N) is 1. The van der Waals surface area contributed by atoms with E-state index in [1.165, 1.54) is 11.3 Å². The van der Waals surface area contributed by atoms with Gasteiger partial charge in [0.2, 0.25) is 0 Å². The second-order valence-electron chi connectivity index (χ2n) is 4.10. The number of benzene rings is 1. The van der Waals surface area contributed by atoms with Crippen molar-refractivity contribution in [1.29, 1.82) is 0 Å². The van der Waals surface area contributed by atoms with Crippen LogP contribution >= 0.6 is 34.7 Å². The van der Waals surface area contributed by atoms with E-state index in [2.05, 4.69) is 41.5 Å². The summed E-state index contributed by atoms with van der Waals surface area (Å²) in [4.78, 5) is 1.09. The van der Waals surface area contributed by atoms with E-state index in [4.69, 9.17) is 11.6 Å². The average Bonchev–Trinajstić information content (AvgIpc) is 2.80. The summed E-state index contributed by atoms with van der Waals surface area (Å²) >= 11 is 9.38. The summed E-state index contributed by atoms with van der Waals surface area (Å²) in [5, 5.41) is 12.0. The SMILES string of the molecule is CC(C)NCc1ccc(Sc2nncs2)cc1Cl. The Morgan fingerprint density at radius 1 is 1.44 bits per heavy atom. The van der Waals surface area contributed by atoms with Gasteiger partial charge in [0.05, 0.1) is 0 Å². The number of rotatable bonds is 5. The molecular weight excluding hydrogens is 286 g/mol. The van der Waals surface area contributed by atoms with Gasteiger partial charge in [-0.2, -0.15) is 0 Å². The quantitative estimate of drug-likeness (QED) is 0.910. The summed E-state index contributed by atoms with van der Waals surface area (Å²) < 4.78 is 0.930. The van der Waals surface area contributed by atoms with E-state index >= 15 is 0 Å². The Balaban J connectivity index is 2.05. The molecule has 1 N–H and O–H groups in total. The third-order valence-electron chi connectivity index (χ3n) is 2.27. The van der Waals surface area contributed by atoms with Crippen molar-refractivity contribution in [3.63, 3.8) is 0 Å². The number of hydrogen-bond donors (Lipinski definition) is 1. The first-order chi connectivity index (χ1) is 8.65. The number of nitrogens with zero attached hydrogens (tertiary/aromatic N) is 2. The van der Waals surface area contributed by atoms with Gasteiger partial charge in [-0.25, -0.2) is 0 Å². The molecule has 2 rings (SSSR count). The summed E-state index contributed by atoms with van der Waals surface area (Å²) in [6.45, 7) is 5.03. The van der Waals surface area contributed by atoms with Crippen molar-refractivity contribution in [1.82, 2.24) is 15.5 Å². The highest BCUT2D eigenvalue weighted by atomic mass is 35.5. The van der Waals surface area contributed by atoms with Gasteiger partial charge in [-0.3, -0.25) is 0 Å². The van der Waals surface area contributed by atoms with Crippen LogP contribution in [0.3, 0.4) is 0 Å². The topological polar surface area (TPSA) is 37.8 Å². The minimum atomic E-state index is 0.455. The lowest BCUT2D eigenvalue weighted by Gasteiger charge is -2.10. The Morgan fingerprint density at radius 3 is 2.89 bits per heavy atom. The van der Waals surface area contributed by atoms with E-state index < -0.39 is 0 Å². The summed E-state index contributed by atoms with van der Waals surface area (Å²) in [6.07, 6.45) is 0. The molecule has 3 nitrogen and oxygen atoms in total. The molecule has 0 saturated heterocycles. The van der Waals surface area contributed by atoms with Crippen molar-refractivity contribution in [3.8, 4) is 0 Å². The normalized spacial score (nSPS) is 11.1. The lowest BCUT2D eigenvalue weighted by Crippen LogP contribution is -2.21. The third kappa shape index (κ3) is 3.95. The van der Waals surface area contributed by atoms with Crippen molar-refractivity contribution >= 4 is 34.7 Å². The summed E-state index contributed by atoms with van der Waals surface area (Å²) in [6, 6.07) is 6.55. The summed E-state index contributed by atoms with van der Waals surface area (Å²) in [7, 11) is 0. The van der Waals surface area contributed by atoms with Gasteiger partial charge in [-0.1, -0.05) is 54.6 Å². The van der Waals surface area contributed by atoms with Gasteiger partial charge >= 0.3 is 0 Å². The van der Waals surface area contributed by atoms with Gasteiger partial charge < -0.3 is 5.32 Å². The standard InChI is InChI=1S/C12H14ClN3S2/c1-8(2)14-6-9-3-4-10(5-11(9)13)18-12-16-15-7-17-12/h3-5,7-8,14H,6H2,1-2H3. The zero-order valence-electron chi connectivity index (χ0n) is 10.2. The molecule has 18 heavy (non-hydrogen) atoms. The molecule has 0 aliphatic rings. The molecule has 0 bridgehead atoms. The molecule has 2 aromatic rings. The first kappa shape index (κ1) is 13.8. The maximum atomic E-state index is 6.27. The van der Waals surface area contributed by atoms with Crippen LogP contribution in [0.4, 0.5) is 0 Å². The summed E-state index contributed by atoms with van der Waals surface area (Å²) in [5.74, 6) is 0. The molecule has 0 aliphatic carbocycles. The minimum absolute atomic E-state index is 0.455. The number of hydrogen-bond acceptors (Lipinski definition) is 5. The Hall–Kier alpha value is -0.620. The van der Waals surface area contributed by atoms with Crippen molar-refractivity contribution in [3.05, 3.63) is 34.3 Å². The van der Waals surface area contributed by atoms with Crippen LogP contribution in [0, 0.1) is 0 Å². The van der Waals surface area contributed by atoms with Crippen LogP contribution in [0.15, 0.2) is 32.9 Å². The van der Waals surface area contributed by atoms with E-state index in [0.29, 0.717) is 6.04 Å². The van der Waals surface area contributed by atoms with Crippen LogP contribution in [0.2, 0.25) is 5.02 Å². The van der Waals surface area contributed by atoms with Crippen LogP contribution in [-0.2, 0) is 6.54 Å². The van der Waals surface area contributed by atoms with Crippen LogP contribution in [0.5, 0.6) is 0 Å². The molecule has 6 heteroatoms. The van der Waals surface area contributed by atoms with Gasteiger partial charge in [0.25, 0.3) is 0 Å². The molecule has 0 fully saturated rings. The van der Waals surface area contributed by atoms with E-state index in [0.717, 1.165) is 26.4 Å². The second kappa shape index (κ2) is 6.52. The Bertz CT molecular complexity index is 500.